The average molecular weight is 420 g/mol. The summed E-state index contributed by atoms with van der Waals surface area (Å²) >= 11 is 1.16. The monoisotopic (exact) mass is 419 g/mol. The fourth-order valence-corrected chi connectivity index (χ4v) is 3.92. The Hall–Kier alpha value is -3.32. The molecule has 0 bridgehead atoms. The molecule has 0 saturated carbocycles. The van der Waals surface area contributed by atoms with E-state index in [-0.39, 0.29) is 6.61 Å². The lowest BCUT2D eigenvalue weighted by molar-refractivity contribution is -0.136. The molecule has 0 aliphatic carbocycles. The van der Waals surface area contributed by atoms with E-state index in [0.29, 0.717) is 11.0 Å². The molecule has 3 aromatic carbocycles. The van der Waals surface area contributed by atoms with Crippen molar-refractivity contribution in [1.29, 1.82) is 0 Å². The Balaban J connectivity index is 1.67. The van der Waals surface area contributed by atoms with Gasteiger partial charge in [-0.15, -0.1) is 10.2 Å². The second-order valence-electron chi connectivity index (χ2n) is 6.93. The smallest absolute Gasteiger partial charge is 0.316 e. The lowest BCUT2D eigenvalue weighted by Gasteiger charge is -2.13. The van der Waals surface area contributed by atoms with Crippen molar-refractivity contribution in [3.63, 3.8) is 0 Å². The molecular weight excluding hydrogens is 398 g/mol. The van der Waals surface area contributed by atoms with E-state index in [9.17, 15) is 9.90 Å². The second kappa shape index (κ2) is 8.59. The molecule has 1 aromatic heterocycles. The predicted octanol–water partition coefficient (Wildman–Crippen LogP) is 4.87. The van der Waals surface area contributed by atoms with Crippen LogP contribution in [0.4, 0.5) is 0 Å². The normalized spacial score (nSPS) is 12.1. The van der Waals surface area contributed by atoms with Crippen LogP contribution >= 0.6 is 11.8 Å². The summed E-state index contributed by atoms with van der Waals surface area (Å²) in [6, 6.07) is 21.9. The van der Waals surface area contributed by atoms with E-state index in [0.717, 1.165) is 39.5 Å². The summed E-state index contributed by atoms with van der Waals surface area (Å²) in [4.78, 5) is 11.3. The number of rotatable bonds is 7. The molecule has 0 aliphatic heterocycles. The molecule has 0 spiro atoms. The van der Waals surface area contributed by atoms with Crippen LogP contribution < -0.4 is 4.74 Å². The average Bonchev–Trinajstić information content (AvgIpc) is 3.15. The molecule has 0 amide bonds. The van der Waals surface area contributed by atoms with Crippen LogP contribution in [0.2, 0.25) is 0 Å². The molecule has 1 N–H and O–H groups in total. The maximum Gasteiger partial charge on any atom is 0.316 e. The van der Waals surface area contributed by atoms with Crippen LogP contribution in [0.15, 0.2) is 71.9 Å². The number of aromatic nitrogens is 3. The maximum atomic E-state index is 11.3. The standard InChI is InChI=1S/C23H21N3O3S/c1-15-10-12-18(13-11-15)26-21(24-25-23(26)30-16(2)22(27)28)14-29-20-9-5-7-17-6-3-4-8-19(17)20/h3-13,16H,14H2,1-2H3,(H,27,28). The minimum absolute atomic E-state index is 0.205. The van der Waals surface area contributed by atoms with Crippen LogP contribution in [-0.4, -0.2) is 31.1 Å². The molecule has 4 rings (SSSR count). The second-order valence-corrected chi connectivity index (χ2v) is 8.24. The van der Waals surface area contributed by atoms with E-state index in [4.69, 9.17) is 4.74 Å². The molecule has 0 saturated heterocycles. The highest BCUT2D eigenvalue weighted by Crippen LogP contribution is 2.29. The Kier molecular flexibility index (Phi) is 5.72. The Morgan fingerprint density at radius 3 is 2.57 bits per heavy atom. The number of aryl methyl sites for hydroxylation is 1. The van der Waals surface area contributed by atoms with Crippen molar-refractivity contribution in [3.8, 4) is 11.4 Å². The molecule has 1 heterocycles. The maximum absolute atomic E-state index is 11.3. The first kappa shape index (κ1) is 20.0. The third-order valence-electron chi connectivity index (χ3n) is 4.73. The van der Waals surface area contributed by atoms with Gasteiger partial charge in [-0.3, -0.25) is 9.36 Å². The molecule has 1 unspecified atom stereocenters. The lowest BCUT2D eigenvalue weighted by atomic mass is 10.1. The molecule has 1 atom stereocenters. The number of carboxylic acids is 1. The Morgan fingerprint density at radius 1 is 1.07 bits per heavy atom. The van der Waals surface area contributed by atoms with Gasteiger partial charge in [0.2, 0.25) is 0 Å². The third kappa shape index (κ3) is 4.16. The lowest BCUT2D eigenvalue weighted by Crippen LogP contribution is -2.13. The van der Waals surface area contributed by atoms with Crippen LogP contribution in [0.25, 0.3) is 16.5 Å². The number of aliphatic carboxylic acids is 1. The summed E-state index contributed by atoms with van der Waals surface area (Å²) in [5, 5.41) is 19.8. The topological polar surface area (TPSA) is 77.2 Å². The zero-order valence-electron chi connectivity index (χ0n) is 16.6. The SMILES string of the molecule is Cc1ccc(-n2c(COc3cccc4ccccc34)nnc2SC(C)C(=O)O)cc1. The molecule has 6 nitrogen and oxygen atoms in total. The highest BCUT2D eigenvalue weighted by atomic mass is 32.2. The van der Waals surface area contributed by atoms with Crippen molar-refractivity contribution in [2.24, 2.45) is 0 Å². The molecule has 152 valence electrons. The first-order valence-corrected chi connectivity index (χ1v) is 10.4. The molecular formula is C23H21N3O3S. The molecule has 7 heteroatoms. The summed E-state index contributed by atoms with van der Waals surface area (Å²) in [7, 11) is 0. The number of carbonyl (C=O) groups is 1. The number of carboxylic acid groups (broad SMARTS) is 1. The third-order valence-corrected chi connectivity index (χ3v) is 5.76. The highest BCUT2D eigenvalue weighted by Gasteiger charge is 2.21. The number of hydrogen-bond acceptors (Lipinski definition) is 5. The van der Waals surface area contributed by atoms with Crippen molar-refractivity contribution >= 4 is 28.5 Å². The van der Waals surface area contributed by atoms with Gasteiger partial charge in [0, 0.05) is 11.1 Å². The number of fused-ring (bicyclic) bond motifs is 1. The van der Waals surface area contributed by atoms with E-state index >= 15 is 0 Å². The quantitative estimate of drug-likeness (QED) is 0.431. The minimum atomic E-state index is -0.896. The van der Waals surface area contributed by atoms with Gasteiger partial charge < -0.3 is 9.84 Å². The van der Waals surface area contributed by atoms with Gasteiger partial charge in [0.1, 0.15) is 17.6 Å². The van der Waals surface area contributed by atoms with Crippen molar-refractivity contribution in [3.05, 3.63) is 78.1 Å². The number of thioether (sulfide) groups is 1. The van der Waals surface area contributed by atoms with Crippen molar-refractivity contribution in [1.82, 2.24) is 14.8 Å². The van der Waals surface area contributed by atoms with Crippen LogP contribution in [0.1, 0.15) is 18.3 Å². The van der Waals surface area contributed by atoms with Crippen molar-refractivity contribution in [2.45, 2.75) is 30.9 Å². The van der Waals surface area contributed by atoms with Crippen LogP contribution in [0.5, 0.6) is 5.75 Å². The largest absolute Gasteiger partial charge is 0.485 e. The Morgan fingerprint density at radius 2 is 1.80 bits per heavy atom. The molecule has 0 fully saturated rings. The van der Waals surface area contributed by atoms with Gasteiger partial charge in [-0.25, -0.2) is 0 Å². The van der Waals surface area contributed by atoms with Crippen LogP contribution in [0.3, 0.4) is 0 Å². The summed E-state index contributed by atoms with van der Waals surface area (Å²) in [5.74, 6) is 0.471. The van der Waals surface area contributed by atoms with Gasteiger partial charge in [0.25, 0.3) is 0 Å². The van der Waals surface area contributed by atoms with E-state index in [1.807, 2.05) is 78.2 Å². The fourth-order valence-electron chi connectivity index (χ4n) is 3.10. The Bertz CT molecular complexity index is 1180. The zero-order chi connectivity index (χ0) is 21.1. The molecule has 0 aliphatic rings. The Labute approximate surface area is 178 Å². The van der Waals surface area contributed by atoms with Crippen molar-refractivity contribution in [2.75, 3.05) is 0 Å². The van der Waals surface area contributed by atoms with Crippen LogP contribution in [0, 0.1) is 6.92 Å². The summed E-state index contributed by atoms with van der Waals surface area (Å²) < 4.78 is 7.96. The van der Waals surface area contributed by atoms with Gasteiger partial charge in [0.15, 0.2) is 11.0 Å². The van der Waals surface area contributed by atoms with E-state index in [1.54, 1.807) is 6.92 Å². The minimum Gasteiger partial charge on any atom is -0.485 e. The number of benzene rings is 3. The first-order chi connectivity index (χ1) is 14.5. The molecule has 30 heavy (non-hydrogen) atoms. The zero-order valence-corrected chi connectivity index (χ0v) is 17.5. The number of ether oxygens (including phenoxy) is 1. The summed E-state index contributed by atoms with van der Waals surface area (Å²) in [6.07, 6.45) is 0. The predicted molar refractivity (Wildman–Crippen MR) is 117 cm³/mol. The van der Waals surface area contributed by atoms with Gasteiger partial charge in [0.05, 0.1) is 0 Å². The van der Waals surface area contributed by atoms with Gasteiger partial charge >= 0.3 is 5.97 Å². The summed E-state index contributed by atoms with van der Waals surface area (Å²) in [6.45, 7) is 3.85. The van der Waals surface area contributed by atoms with Crippen molar-refractivity contribution < 1.29 is 14.6 Å². The van der Waals surface area contributed by atoms with Crippen LogP contribution in [-0.2, 0) is 11.4 Å². The van der Waals surface area contributed by atoms with Gasteiger partial charge in [-0.2, -0.15) is 0 Å². The molecule has 0 radical (unpaired) electrons. The fraction of sp³-hybridized carbons (Fsp3) is 0.174. The number of nitrogens with zero attached hydrogens (tertiary/aromatic N) is 3. The van der Waals surface area contributed by atoms with E-state index < -0.39 is 11.2 Å². The molecule has 4 aromatic rings. The van der Waals surface area contributed by atoms with E-state index in [2.05, 4.69) is 10.2 Å². The van der Waals surface area contributed by atoms with Gasteiger partial charge in [-0.1, -0.05) is 65.9 Å². The summed E-state index contributed by atoms with van der Waals surface area (Å²) in [5.41, 5.74) is 2.00. The highest BCUT2D eigenvalue weighted by molar-refractivity contribution is 8.00. The number of hydrogen-bond donors (Lipinski definition) is 1. The van der Waals surface area contributed by atoms with Gasteiger partial charge in [-0.05, 0) is 37.4 Å². The first-order valence-electron chi connectivity index (χ1n) is 9.54. The van der Waals surface area contributed by atoms with E-state index in [1.165, 1.54) is 0 Å².